The lowest BCUT2D eigenvalue weighted by Gasteiger charge is -2.30. The zero-order valence-electron chi connectivity index (χ0n) is 14.2. The molecule has 126 valence electrons. The molecule has 0 aliphatic carbocycles. The van der Waals surface area contributed by atoms with Crippen molar-refractivity contribution in [1.82, 2.24) is 5.32 Å². The van der Waals surface area contributed by atoms with Crippen molar-refractivity contribution in [2.24, 2.45) is 5.41 Å². The molecule has 0 spiro atoms. The minimum absolute atomic E-state index is 0.0706. The molecule has 0 aromatic heterocycles. The molecule has 0 radical (unpaired) electrons. The van der Waals surface area contributed by atoms with E-state index in [0.29, 0.717) is 13.1 Å². The molecule has 0 bridgehead atoms. The number of rotatable bonds is 6. The molecule has 1 aliphatic heterocycles. The van der Waals surface area contributed by atoms with Crippen LogP contribution in [0.3, 0.4) is 0 Å². The molecular formula is C18H26N2O3. The number of nitrogens with one attached hydrogen (secondary N) is 1. The van der Waals surface area contributed by atoms with E-state index in [0.717, 1.165) is 25.1 Å². The summed E-state index contributed by atoms with van der Waals surface area (Å²) in [6, 6.07) is 9.43. The summed E-state index contributed by atoms with van der Waals surface area (Å²) < 4.78 is 5.50. The highest BCUT2D eigenvalue weighted by Crippen LogP contribution is 2.24. The SMILES string of the molecule is CCN(C(=O)C(C)(C)C(=O)NCC1CCCO1)c1ccccc1. The van der Waals surface area contributed by atoms with Gasteiger partial charge in [-0.3, -0.25) is 9.59 Å². The summed E-state index contributed by atoms with van der Waals surface area (Å²) in [5, 5.41) is 2.86. The van der Waals surface area contributed by atoms with E-state index >= 15 is 0 Å². The van der Waals surface area contributed by atoms with Crippen LogP contribution in [0, 0.1) is 5.41 Å². The lowest BCUT2D eigenvalue weighted by molar-refractivity contribution is -0.140. The number of hydrogen-bond donors (Lipinski definition) is 1. The molecule has 0 saturated carbocycles. The third-order valence-electron chi connectivity index (χ3n) is 4.25. The molecule has 1 heterocycles. The van der Waals surface area contributed by atoms with Crippen LogP contribution in [0.1, 0.15) is 33.6 Å². The van der Waals surface area contributed by atoms with Gasteiger partial charge in [0.1, 0.15) is 5.41 Å². The highest BCUT2D eigenvalue weighted by Gasteiger charge is 2.39. The van der Waals surface area contributed by atoms with Gasteiger partial charge >= 0.3 is 0 Å². The average molecular weight is 318 g/mol. The molecule has 1 aliphatic rings. The molecule has 1 saturated heterocycles. The third-order valence-corrected chi connectivity index (χ3v) is 4.25. The zero-order valence-corrected chi connectivity index (χ0v) is 14.2. The highest BCUT2D eigenvalue weighted by molar-refractivity contribution is 6.11. The fourth-order valence-corrected chi connectivity index (χ4v) is 2.72. The van der Waals surface area contributed by atoms with Gasteiger partial charge in [0.2, 0.25) is 11.8 Å². The van der Waals surface area contributed by atoms with E-state index in [1.54, 1.807) is 18.7 Å². The van der Waals surface area contributed by atoms with Crippen molar-refractivity contribution >= 4 is 17.5 Å². The smallest absolute Gasteiger partial charge is 0.242 e. The molecule has 1 aromatic rings. The van der Waals surface area contributed by atoms with Gasteiger partial charge in [0.05, 0.1) is 6.10 Å². The first-order valence-electron chi connectivity index (χ1n) is 8.23. The Balaban J connectivity index is 2.03. The lowest BCUT2D eigenvalue weighted by Crippen LogP contribution is -2.50. The Labute approximate surface area is 138 Å². The van der Waals surface area contributed by atoms with Crippen LogP contribution in [-0.2, 0) is 14.3 Å². The number of hydrogen-bond acceptors (Lipinski definition) is 3. The summed E-state index contributed by atoms with van der Waals surface area (Å²) >= 11 is 0. The topological polar surface area (TPSA) is 58.6 Å². The molecule has 5 nitrogen and oxygen atoms in total. The van der Waals surface area contributed by atoms with Crippen molar-refractivity contribution < 1.29 is 14.3 Å². The van der Waals surface area contributed by atoms with Crippen molar-refractivity contribution in [3.8, 4) is 0 Å². The predicted molar refractivity (Wildman–Crippen MR) is 90.2 cm³/mol. The van der Waals surface area contributed by atoms with Crippen molar-refractivity contribution in [3.63, 3.8) is 0 Å². The summed E-state index contributed by atoms with van der Waals surface area (Å²) in [7, 11) is 0. The minimum atomic E-state index is -1.12. The molecule has 1 aromatic carbocycles. The van der Waals surface area contributed by atoms with Gasteiger partial charge in [0, 0.05) is 25.4 Å². The summed E-state index contributed by atoms with van der Waals surface area (Å²) in [5.74, 6) is -0.455. The molecule has 23 heavy (non-hydrogen) atoms. The van der Waals surface area contributed by atoms with Gasteiger partial charge in [-0.05, 0) is 45.7 Å². The summed E-state index contributed by atoms with van der Waals surface area (Å²) in [5.41, 5.74) is -0.315. The maximum Gasteiger partial charge on any atom is 0.242 e. The number of amides is 2. The van der Waals surface area contributed by atoms with E-state index in [1.807, 2.05) is 37.3 Å². The third kappa shape index (κ3) is 4.10. The van der Waals surface area contributed by atoms with E-state index in [-0.39, 0.29) is 17.9 Å². The zero-order chi connectivity index (χ0) is 16.9. The fraction of sp³-hybridized carbons (Fsp3) is 0.556. The van der Waals surface area contributed by atoms with Crippen LogP contribution in [0.4, 0.5) is 5.69 Å². The monoisotopic (exact) mass is 318 g/mol. The molecule has 1 fully saturated rings. The minimum Gasteiger partial charge on any atom is -0.376 e. The van der Waals surface area contributed by atoms with Crippen molar-refractivity contribution in [2.75, 3.05) is 24.6 Å². The van der Waals surface area contributed by atoms with Crippen LogP contribution in [-0.4, -0.2) is 37.6 Å². The lowest BCUT2D eigenvalue weighted by atomic mass is 9.90. The van der Waals surface area contributed by atoms with Crippen LogP contribution in [0.2, 0.25) is 0 Å². The van der Waals surface area contributed by atoms with Crippen molar-refractivity contribution in [1.29, 1.82) is 0 Å². The summed E-state index contributed by atoms with van der Waals surface area (Å²) in [6.07, 6.45) is 2.06. The van der Waals surface area contributed by atoms with Crippen LogP contribution >= 0.6 is 0 Å². The molecule has 1 N–H and O–H groups in total. The Morgan fingerprint density at radius 2 is 2.00 bits per heavy atom. The molecular weight excluding hydrogens is 292 g/mol. The van der Waals surface area contributed by atoms with Crippen LogP contribution in [0.5, 0.6) is 0 Å². The van der Waals surface area contributed by atoms with E-state index in [1.165, 1.54) is 0 Å². The Morgan fingerprint density at radius 1 is 1.30 bits per heavy atom. The fourth-order valence-electron chi connectivity index (χ4n) is 2.72. The molecule has 5 heteroatoms. The molecule has 1 atom stereocenters. The number of benzene rings is 1. The number of carbonyl (C=O) groups is 2. The van der Waals surface area contributed by atoms with Gasteiger partial charge in [-0.15, -0.1) is 0 Å². The largest absolute Gasteiger partial charge is 0.376 e. The second-order valence-corrected chi connectivity index (χ2v) is 6.36. The molecule has 1 unspecified atom stereocenters. The normalized spacial score (nSPS) is 17.8. The van der Waals surface area contributed by atoms with Gasteiger partial charge in [0.25, 0.3) is 0 Å². The van der Waals surface area contributed by atoms with E-state index in [2.05, 4.69) is 5.32 Å². The van der Waals surface area contributed by atoms with Crippen molar-refractivity contribution in [2.45, 2.75) is 39.7 Å². The number of carbonyl (C=O) groups excluding carboxylic acids is 2. The first kappa shape index (κ1) is 17.5. The molecule has 2 rings (SSSR count). The van der Waals surface area contributed by atoms with E-state index < -0.39 is 5.41 Å². The highest BCUT2D eigenvalue weighted by atomic mass is 16.5. The number of para-hydroxylation sites is 1. The number of ether oxygens (including phenoxy) is 1. The van der Waals surface area contributed by atoms with E-state index in [9.17, 15) is 9.59 Å². The van der Waals surface area contributed by atoms with E-state index in [4.69, 9.17) is 4.74 Å². The first-order chi connectivity index (χ1) is 11.0. The second-order valence-electron chi connectivity index (χ2n) is 6.36. The maximum atomic E-state index is 12.9. The van der Waals surface area contributed by atoms with Gasteiger partial charge in [-0.25, -0.2) is 0 Å². The van der Waals surface area contributed by atoms with Gasteiger partial charge in [-0.2, -0.15) is 0 Å². The van der Waals surface area contributed by atoms with Crippen molar-refractivity contribution in [3.05, 3.63) is 30.3 Å². The quantitative estimate of drug-likeness (QED) is 0.819. The molecule has 2 amide bonds. The summed E-state index contributed by atoms with van der Waals surface area (Å²) in [6.45, 7) is 6.99. The number of nitrogens with zero attached hydrogens (tertiary/aromatic N) is 1. The maximum absolute atomic E-state index is 12.9. The first-order valence-corrected chi connectivity index (χ1v) is 8.23. The van der Waals surface area contributed by atoms with Gasteiger partial charge < -0.3 is 15.0 Å². The van der Waals surface area contributed by atoms with Gasteiger partial charge in [0.15, 0.2) is 0 Å². The van der Waals surface area contributed by atoms with Crippen LogP contribution in [0.15, 0.2) is 30.3 Å². The van der Waals surface area contributed by atoms with Crippen LogP contribution < -0.4 is 10.2 Å². The van der Waals surface area contributed by atoms with Gasteiger partial charge in [-0.1, -0.05) is 18.2 Å². The Morgan fingerprint density at radius 3 is 2.57 bits per heavy atom. The number of anilines is 1. The Kier molecular flexibility index (Phi) is 5.77. The second kappa shape index (κ2) is 7.59. The summed E-state index contributed by atoms with van der Waals surface area (Å²) in [4.78, 5) is 27.0. The predicted octanol–water partition coefficient (Wildman–Crippen LogP) is 2.36. The van der Waals surface area contributed by atoms with Crippen LogP contribution in [0.25, 0.3) is 0 Å². The Hall–Kier alpha value is -1.88. The standard InChI is InChI=1S/C18H26N2O3/c1-4-20(14-9-6-5-7-10-14)17(22)18(2,3)16(21)19-13-15-11-8-12-23-15/h5-7,9-10,15H,4,8,11-13H2,1-3H3,(H,19,21). The average Bonchev–Trinajstić information content (AvgIpc) is 3.07. The Bertz CT molecular complexity index is 536.